The van der Waals surface area contributed by atoms with Crippen molar-refractivity contribution < 1.29 is 53.9 Å². The fraction of sp³-hybridized carbons (Fsp3) is 0.375. The predicted molar refractivity (Wildman–Crippen MR) is 117 cm³/mol. The second-order valence-electron chi connectivity index (χ2n) is 6.67. The number of aliphatic carboxylic acids is 1. The third-order valence-corrected chi connectivity index (χ3v) is 7.76. The van der Waals surface area contributed by atoms with Gasteiger partial charge in [-0.15, -0.1) is 28.2 Å². The Morgan fingerprint density at radius 2 is 2.24 bits per heavy atom. The van der Waals surface area contributed by atoms with Gasteiger partial charge in [-0.2, -0.15) is 0 Å². The summed E-state index contributed by atoms with van der Waals surface area (Å²) >= 11 is 3.69. The van der Waals surface area contributed by atoms with Crippen LogP contribution >= 0.6 is 34.9 Å². The standard InChI is InChI=1S/C16H17N9O5S3.Na/c1-24-16(20-22-23-24)33-4-6-3-31-13-9(12(27)25(13)10(6)14(28)29)19-11(26)8(21-30-2)7-5-32-15(17)18-7;/h5,9,13H,3-4H2,1-2H3,(H2,17,18)(H,19,26)(H,28,29);/q;+1/p-1/t9?,13-;/m1./s1. The van der Waals surface area contributed by atoms with E-state index in [0.717, 1.165) is 16.2 Å². The van der Waals surface area contributed by atoms with Crippen LogP contribution in [0.3, 0.4) is 0 Å². The van der Waals surface area contributed by atoms with E-state index >= 15 is 0 Å². The Morgan fingerprint density at radius 3 is 2.82 bits per heavy atom. The van der Waals surface area contributed by atoms with Gasteiger partial charge in [0.15, 0.2) is 10.8 Å². The first-order valence-electron chi connectivity index (χ1n) is 9.18. The number of amides is 2. The van der Waals surface area contributed by atoms with Crippen LogP contribution < -0.4 is 45.7 Å². The zero-order valence-electron chi connectivity index (χ0n) is 18.1. The van der Waals surface area contributed by atoms with Gasteiger partial charge in [-0.3, -0.25) is 14.5 Å². The van der Waals surface area contributed by atoms with E-state index in [1.807, 2.05) is 0 Å². The summed E-state index contributed by atoms with van der Waals surface area (Å²) in [5, 5.41) is 30.9. The molecule has 4 heterocycles. The van der Waals surface area contributed by atoms with E-state index in [2.05, 4.69) is 31.0 Å². The second-order valence-corrected chi connectivity index (χ2v) is 9.60. The maximum atomic E-state index is 12.8. The molecule has 2 atom stereocenters. The summed E-state index contributed by atoms with van der Waals surface area (Å²) in [5.41, 5.74) is 5.97. The molecular weight excluding hydrogens is 517 g/mol. The van der Waals surface area contributed by atoms with Crippen molar-refractivity contribution in [2.75, 3.05) is 24.3 Å². The van der Waals surface area contributed by atoms with Crippen LogP contribution in [0.4, 0.5) is 5.13 Å². The Hall–Kier alpha value is -2.18. The molecule has 3 N–H and O–H groups in total. The minimum Gasteiger partial charge on any atom is -0.543 e. The zero-order valence-corrected chi connectivity index (χ0v) is 22.6. The summed E-state index contributed by atoms with van der Waals surface area (Å²) in [7, 11) is 2.93. The van der Waals surface area contributed by atoms with Gasteiger partial charge in [0.25, 0.3) is 11.8 Å². The van der Waals surface area contributed by atoms with Crippen LogP contribution in [0.15, 0.2) is 27.0 Å². The zero-order chi connectivity index (χ0) is 23.7. The smallest absolute Gasteiger partial charge is 0.543 e. The van der Waals surface area contributed by atoms with Crippen LogP contribution in [-0.4, -0.2) is 83.6 Å². The molecule has 174 valence electrons. The van der Waals surface area contributed by atoms with E-state index in [1.54, 1.807) is 7.05 Å². The summed E-state index contributed by atoms with van der Waals surface area (Å²) in [6.07, 6.45) is 0. The number of fused-ring (bicyclic) bond motifs is 1. The number of rotatable bonds is 8. The van der Waals surface area contributed by atoms with Crippen LogP contribution in [0.2, 0.25) is 0 Å². The van der Waals surface area contributed by atoms with Gasteiger partial charge in [-0.25, -0.2) is 9.67 Å². The van der Waals surface area contributed by atoms with E-state index < -0.39 is 29.2 Å². The Bertz CT molecular complexity index is 1180. The van der Waals surface area contributed by atoms with Crippen LogP contribution in [0.5, 0.6) is 0 Å². The fourth-order valence-electron chi connectivity index (χ4n) is 3.18. The summed E-state index contributed by atoms with van der Waals surface area (Å²) in [4.78, 5) is 47.3. The largest absolute Gasteiger partial charge is 1.00 e. The number of nitrogens with zero attached hydrogens (tertiary/aromatic N) is 7. The number of anilines is 1. The van der Waals surface area contributed by atoms with Crippen molar-refractivity contribution in [2.24, 2.45) is 12.2 Å². The Labute approximate surface area is 227 Å². The van der Waals surface area contributed by atoms with Crippen molar-refractivity contribution in [2.45, 2.75) is 16.6 Å². The van der Waals surface area contributed by atoms with Crippen molar-refractivity contribution >= 4 is 63.5 Å². The van der Waals surface area contributed by atoms with Crippen LogP contribution in [0, 0.1) is 0 Å². The van der Waals surface area contributed by atoms with Crippen LogP contribution in [-0.2, 0) is 26.3 Å². The van der Waals surface area contributed by atoms with E-state index in [4.69, 9.17) is 10.6 Å². The van der Waals surface area contributed by atoms with Crippen LogP contribution in [0.1, 0.15) is 5.69 Å². The number of carbonyl (C=O) groups excluding carboxylic acids is 3. The average Bonchev–Trinajstić information content (AvgIpc) is 3.40. The molecule has 0 spiro atoms. The molecule has 2 aromatic heterocycles. The molecule has 1 saturated heterocycles. The number of aromatic nitrogens is 5. The van der Waals surface area contributed by atoms with Gasteiger partial charge < -0.3 is 25.8 Å². The van der Waals surface area contributed by atoms with Gasteiger partial charge in [0.1, 0.15) is 24.2 Å². The number of carboxylic acids is 1. The van der Waals surface area contributed by atoms with Crippen molar-refractivity contribution in [1.82, 2.24) is 35.4 Å². The first kappa shape index (κ1) is 26.4. The maximum Gasteiger partial charge on any atom is 1.00 e. The van der Waals surface area contributed by atoms with Gasteiger partial charge in [-0.05, 0) is 16.0 Å². The Balaban J connectivity index is 0.00000324. The van der Waals surface area contributed by atoms with Gasteiger partial charge in [0, 0.05) is 23.9 Å². The number of oxime groups is 1. The molecule has 18 heteroatoms. The molecule has 0 saturated carbocycles. The van der Waals surface area contributed by atoms with E-state index in [0.29, 0.717) is 16.5 Å². The van der Waals surface area contributed by atoms with Crippen molar-refractivity contribution in [3.05, 3.63) is 22.3 Å². The van der Waals surface area contributed by atoms with E-state index in [1.165, 1.54) is 40.7 Å². The van der Waals surface area contributed by atoms with E-state index in [-0.39, 0.29) is 57.5 Å². The number of nitrogens with two attached hydrogens (primary N) is 1. The summed E-state index contributed by atoms with van der Waals surface area (Å²) in [5.74, 6) is -2.16. The minimum absolute atomic E-state index is 0. The molecule has 2 aliphatic rings. The van der Waals surface area contributed by atoms with Gasteiger partial charge in [0.05, 0.1) is 11.7 Å². The van der Waals surface area contributed by atoms with Gasteiger partial charge >= 0.3 is 29.6 Å². The molecule has 0 aromatic carbocycles. The summed E-state index contributed by atoms with van der Waals surface area (Å²) in [6.45, 7) is 0. The molecule has 4 rings (SSSR count). The van der Waals surface area contributed by atoms with Crippen molar-refractivity contribution in [1.29, 1.82) is 0 Å². The summed E-state index contributed by atoms with van der Waals surface area (Å²) in [6, 6.07) is -0.952. The van der Waals surface area contributed by atoms with Crippen molar-refractivity contribution in [3.8, 4) is 0 Å². The average molecular weight is 534 g/mol. The molecule has 1 unspecified atom stereocenters. The molecule has 2 aromatic rings. The SMILES string of the molecule is CON=C(C(=O)NC1C(=O)N2C(C(=O)[O-])=C(CSc3nnnn3C)CS[C@H]12)c1csc(N)n1.[Na+]. The number of aryl methyl sites for hydroxylation is 1. The number of carbonyl (C=O) groups is 3. The molecule has 2 amide bonds. The maximum absolute atomic E-state index is 12.8. The van der Waals surface area contributed by atoms with Crippen LogP contribution in [0.25, 0.3) is 0 Å². The topological polar surface area (TPSA) is 194 Å². The monoisotopic (exact) mass is 533 g/mol. The quantitative estimate of drug-likeness (QED) is 0.108. The number of β-lactam (4-membered cyclic amide) rings is 1. The molecule has 1 fully saturated rings. The first-order chi connectivity index (χ1) is 15.8. The van der Waals surface area contributed by atoms with Crippen molar-refractivity contribution in [3.63, 3.8) is 0 Å². The number of nitrogen functional groups attached to an aromatic ring is 1. The summed E-state index contributed by atoms with van der Waals surface area (Å²) < 4.78 is 1.46. The van der Waals surface area contributed by atoms with E-state index in [9.17, 15) is 19.5 Å². The Morgan fingerprint density at radius 1 is 1.47 bits per heavy atom. The third-order valence-electron chi connectivity index (χ3n) is 4.65. The number of thioether (sulfide) groups is 2. The number of nitrogens with one attached hydrogen (secondary N) is 1. The number of tetrazole rings is 1. The molecule has 34 heavy (non-hydrogen) atoms. The molecular formula is C16H16N9NaO5S3. The van der Waals surface area contributed by atoms with Gasteiger partial charge in [-0.1, -0.05) is 16.9 Å². The number of hydrogen-bond donors (Lipinski definition) is 2. The number of carboxylic acid groups (broad SMARTS) is 1. The Kier molecular flexibility index (Phi) is 8.58. The second kappa shape index (κ2) is 11.0. The third kappa shape index (κ3) is 5.08. The fourth-order valence-corrected chi connectivity index (χ4v) is 6.06. The van der Waals surface area contributed by atoms with Gasteiger partial charge in [0.2, 0.25) is 5.16 Å². The number of thiazole rings is 1. The predicted octanol–water partition coefficient (Wildman–Crippen LogP) is -5.20. The number of hydrogen-bond acceptors (Lipinski definition) is 14. The molecule has 2 aliphatic heterocycles. The molecule has 14 nitrogen and oxygen atoms in total. The molecule has 0 aliphatic carbocycles. The molecule has 0 bridgehead atoms. The normalized spacial score (nSPS) is 19.8. The molecule has 0 radical (unpaired) electrons. The minimum atomic E-state index is -1.47. The first-order valence-corrected chi connectivity index (χ1v) is 12.1.